The first-order chi connectivity index (χ1) is 11.7. The van der Waals surface area contributed by atoms with Crippen LogP contribution in [0.25, 0.3) is 21.5 Å². The smallest absolute Gasteiger partial charge is 0.291 e. The number of carbonyl (C=O) groups is 1. The Morgan fingerprint density at radius 1 is 0.960 bits per heavy atom. The first-order valence-corrected chi connectivity index (χ1v) is 7.97. The van der Waals surface area contributed by atoms with Crippen molar-refractivity contribution in [2.45, 2.75) is 0 Å². The summed E-state index contributed by atoms with van der Waals surface area (Å²) in [5.74, 6) is -1.43. The topological polar surface area (TPSA) is 104 Å². The van der Waals surface area contributed by atoms with Crippen LogP contribution in [0.3, 0.4) is 0 Å². The summed E-state index contributed by atoms with van der Waals surface area (Å²) >= 11 is 24.0. The Morgan fingerprint density at radius 2 is 1.52 bits per heavy atom. The SMILES string of the molecule is O=Cc1ccc2c([O-])c3c(Cl)c(Cl)c(Cl)c(Cl)c3c(O)c2c1[N+](=O)[O-]. The summed E-state index contributed by atoms with van der Waals surface area (Å²) in [6.07, 6.45) is 0.245. The van der Waals surface area contributed by atoms with Crippen molar-refractivity contribution in [3.8, 4) is 11.5 Å². The fourth-order valence-corrected chi connectivity index (χ4v) is 3.68. The number of benzene rings is 3. The molecule has 0 bridgehead atoms. The van der Waals surface area contributed by atoms with Gasteiger partial charge in [0.1, 0.15) is 11.1 Å². The first kappa shape index (κ1) is 17.8. The van der Waals surface area contributed by atoms with E-state index >= 15 is 0 Å². The number of nitrogens with zero attached hydrogens (tertiary/aromatic N) is 1. The summed E-state index contributed by atoms with van der Waals surface area (Å²) in [4.78, 5) is 21.6. The summed E-state index contributed by atoms with van der Waals surface area (Å²) < 4.78 is 0. The van der Waals surface area contributed by atoms with Gasteiger partial charge in [0.05, 0.1) is 30.6 Å². The number of nitro benzene ring substituents is 1. The predicted molar refractivity (Wildman–Crippen MR) is 94.6 cm³/mol. The van der Waals surface area contributed by atoms with Crippen molar-refractivity contribution in [1.29, 1.82) is 0 Å². The number of phenols is 1. The van der Waals surface area contributed by atoms with Crippen LogP contribution >= 0.6 is 46.4 Å². The van der Waals surface area contributed by atoms with Gasteiger partial charge >= 0.3 is 0 Å². The number of hydrogen-bond acceptors (Lipinski definition) is 5. The molecular weight excluding hydrogens is 416 g/mol. The normalized spacial score (nSPS) is 11.2. The molecule has 0 atom stereocenters. The molecule has 0 aromatic heterocycles. The molecule has 1 N–H and O–H groups in total. The van der Waals surface area contributed by atoms with Crippen molar-refractivity contribution in [1.82, 2.24) is 0 Å². The molecule has 0 saturated carbocycles. The molecule has 25 heavy (non-hydrogen) atoms. The minimum Gasteiger partial charge on any atom is -0.872 e. The maximum atomic E-state index is 12.8. The number of aldehydes is 1. The molecule has 128 valence electrons. The molecule has 10 heteroatoms. The van der Waals surface area contributed by atoms with E-state index in [1.54, 1.807) is 0 Å². The fourth-order valence-electron chi connectivity index (χ4n) is 2.65. The average molecular weight is 420 g/mol. The summed E-state index contributed by atoms with van der Waals surface area (Å²) in [5.41, 5.74) is -1.03. The molecule has 6 nitrogen and oxygen atoms in total. The highest BCUT2D eigenvalue weighted by molar-refractivity contribution is 6.56. The first-order valence-electron chi connectivity index (χ1n) is 6.46. The number of fused-ring (bicyclic) bond motifs is 2. The lowest BCUT2D eigenvalue weighted by Crippen LogP contribution is -2.00. The molecule has 0 amide bonds. The molecule has 0 aliphatic heterocycles. The van der Waals surface area contributed by atoms with E-state index in [4.69, 9.17) is 46.4 Å². The monoisotopic (exact) mass is 418 g/mol. The van der Waals surface area contributed by atoms with Crippen LogP contribution < -0.4 is 5.11 Å². The molecule has 0 saturated heterocycles. The Bertz CT molecular complexity index is 1110. The minimum absolute atomic E-state index is 0.185. The van der Waals surface area contributed by atoms with Gasteiger partial charge in [-0.15, -0.1) is 0 Å². The summed E-state index contributed by atoms with van der Waals surface area (Å²) in [6, 6.07) is 2.29. The van der Waals surface area contributed by atoms with E-state index in [2.05, 4.69) is 0 Å². The minimum atomic E-state index is -0.871. The maximum Gasteiger partial charge on any atom is 0.291 e. The molecule has 0 spiro atoms. The van der Waals surface area contributed by atoms with Gasteiger partial charge in [0.2, 0.25) is 0 Å². The zero-order valence-electron chi connectivity index (χ0n) is 11.8. The Morgan fingerprint density at radius 3 is 2.04 bits per heavy atom. The highest BCUT2D eigenvalue weighted by Gasteiger charge is 2.27. The van der Waals surface area contributed by atoms with Gasteiger partial charge < -0.3 is 10.2 Å². The van der Waals surface area contributed by atoms with Gasteiger partial charge in [-0.25, -0.2) is 0 Å². The van der Waals surface area contributed by atoms with Crippen LogP contribution in [0.1, 0.15) is 10.4 Å². The molecule has 3 aromatic rings. The Hall–Kier alpha value is -1.99. The van der Waals surface area contributed by atoms with Gasteiger partial charge in [-0.05, 0) is 16.8 Å². The van der Waals surface area contributed by atoms with Crippen LogP contribution in [0.5, 0.6) is 11.5 Å². The van der Waals surface area contributed by atoms with Gasteiger partial charge in [-0.2, -0.15) is 0 Å². The third-order valence-electron chi connectivity index (χ3n) is 3.73. The Balaban J connectivity index is 2.76. The number of phenolic OH excluding ortho intramolecular Hbond substituents is 1. The van der Waals surface area contributed by atoms with Crippen LogP contribution in [-0.2, 0) is 0 Å². The predicted octanol–water partition coefficient (Wildman–Crippen LogP) is 5.11. The van der Waals surface area contributed by atoms with Crippen molar-refractivity contribution in [2.24, 2.45) is 0 Å². The Labute approximate surface area is 159 Å². The molecule has 0 aliphatic carbocycles. The lowest BCUT2D eigenvalue weighted by molar-refractivity contribution is -0.383. The highest BCUT2D eigenvalue weighted by Crippen LogP contribution is 2.53. The van der Waals surface area contributed by atoms with Crippen molar-refractivity contribution in [3.05, 3.63) is 47.9 Å². The quantitative estimate of drug-likeness (QED) is 0.155. The maximum absolute atomic E-state index is 12.8. The number of rotatable bonds is 2. The van der Waals surface area contributed by atoms with E-state index in [0.29, 0.717) is 0 Å². The molecule has 0 fully saturated rings. The van der Waals surface area contributed by atoms with Gasteiger partial charge in [0.25, 0.3) is 5.69 Å². The fraction of sp³-hybridized carbons (Fsp3) is 0. The van der Waals surface area contributed by atoms with Crippen LogP contribution in [0.2, 0.25) is 20.1 Å². The largest absolute Gasteiger partial charge is 0.872 e. The Kier molecular flexibility index (Phi) is 4.33. The van der Waals surface area contributed by atoms with E-state index in [1.807, 2.05) is 0 Å². The number of aromatic hydroxyl groups is 1. The van der Waals surface area contributed by atoms with Crippen molar-refractivity contribution < 1.29 is 19.9 Å². The number of nitro groups is 1. The van der Waals surface area contributed by atoms with Crippen LogP contribution in [0, 0.1) is 10.1 Å². The molecule has 0 heterocycles. The van der Waals surface area contributed by atoms with E-state index in [1.165, 1.54) is 6.07 Å². The van der Waals surface area contributed by atoms with E-state index in [9.17, 15) is 25.1 Å². The molecule has 0 aliphatic rings. The zero-order valence-corrected chi connectivity index (χ0v) is 14.8. The van der Waals surface area contributed by atoms with Crippen molar-refractivity contribution in [2.75, 3.05) is 0 Å². The highest BCUT2D eigenvalue weighted by atomic mass is 35.5. The van der Waals surface area contributed by atoms with Gasteiger partial charge in [0, 0.05) is 5.39 Å². The van der Waals surface area contributed by atoms with E-state index in [0.717, 1.165) is 6.07 Å². The standard InChI is InChI=1S/C15H5Cl4NO5/c16-9-7-8(10(17)12(19)11(9)18)15(23)6-5(14(7)22)2-1-4(3-21)13(6)20(24)25/h1-3,22-23H/p-1. The molecule has 0 radical (unpaired) electrons. The van der Waals surface area contributed by atoms with E-state index < -0.39 is 27.5 Å². The lowest BCUT2D eigenvalue weighted by atomic mass is 9.97. The molecular formula is C15H4Cl4NO5-. The lowest BCUT2D eigenvalue weighted by Gasteiger charge is -2.20. The van der Waals surface area contributed by atoms with Gasteiger partial charge in [-0.1, -0.05) is 58.2 Å². The summed E-state index contributed by atoms with van der Waals surface area (Å²) in [7, 11) is 0. The average Bonchev–Trinajstić information content (AvgIpc) is 2.59. The third-order valence-corrected chi connectivity index (χ3v) is 5.53. The second kappa shape index (κ2) is 6.07. The molecule has 3 aromatic carbocycles. The number of carbonyl (C=O) groups excluding carboxylic acids is 1. The third kappa shape index (κ3) is 2.37. The van der Waals surface area contributed by atoms with Crippen LogP contribution in [0.15, 0.2) is 12.1 Å². The summed E-state index contributed by atoms with van der Waals surface area (Å²) in [6.45, 7) is 0. The van der Waals surface area contributed by atoms with Gasteiger partial charge in [0.15, 0.2) is 6.29 Å². The zero-order chi connectivity index (χ0) is 18.6. The number of halogens is 4. The number of hydrogen-bond donors (Lipinski definition) is 1. The molecule has 0 unspecified atom stereocenters. The second-order valence-corrected chi connectivity index (χ2v) is 6.50. The van der Waals surface area contributed by atoms with Crippen LogP contribution in [0.4, 0.5) is 5.69 Å². The van der Waals surface area contributed by atoms with Gasteiger partial charge in [-0.3, -0.25) is 14.9 Å². The second-order valence-electron chi connectivity index (χ2n) is 4.98. The van der Waals surface area contributed by atoms with Crippen LogP contribution in [-0.4, -0.2) is 16.3 Å². The molecule has 3 rings (SSSR count). The van der Waals surface area contributed by atoms with E-state index in [-0.39, 0.29) is 48.1 Å². The van der Waals surface area contributed by atoms with Crippen molar-refractivity contribution in [3.63, 3.8) is 0 Å². The van der Waals surface area contributed by atoms with Crippen molar-refractivity contribution >= 4 is 79.9 Å². The summed E-state index contributed by atoms with van der Waals surface area (Å²) in [5, 5.41) is 32.7.